The van der Waals surface area contributed by atoms with E-state index in [0.29, 0.717) is 22.8 Å². The molecule has 128 valence electrons. The molecule has 1 aromatic heterocycles. The van der Waals surface area contributed by atoms with E-state index in [9.17, 15) is 14.3 Å². The van der Waals surface area contributed by atoms with Gasteiger partial charge in [0.25, 0.3) is 0 Å². The minimum Gasteiger partial charge on any atom is -0.505 e. The Morgan fingerprint density at radius 1 is 1.28 bits per heavy atom. The van der Waals surface area contributed by atoms with E-state index in [1.165, 1.54) is 12.1 Å². The summed E-state index contributed by atoms with van der Waals surface area (Å²) in [4.78, 5) is 10.8. The van der Waals surface area contributed by atoms with Crippen LogP contribution in [-0.4, -0.2) is 21.4 Å². The molecule has 1 heterocycles. The first-order chi connectivity index (χ1) is 11.9. The van der Waals surface area contributed by atoms with E-state index in [2.05, 4.69) is 15.5 Å². The summed E-state index contributed by atoms with van der Waals surface area (Å²) >= 11 is 0. The van der Waals surface area contributed by atoms with Gasteiger partial charge in [0.15, 0.2) is 17.4 Å². The number of nitrogens with two attached hydrogens (primary N) is 1. The molecule has 5 N–H and O–H groups in total. The summed E-state index contributed by atoms with van der Waals surface area (Å²) in [6.45, 7) is 1.83. The number of H-pyrrole nitrogens is 1. The Kier molecular flexibility index (Phi) is 4.25. The van der Waals surface area contributed by atoms with Gasteiger partial charge in [0.1, 0.15) is 5.75 Å². The number of halogens is 1. The zero-order chi connectivity index (χ0) is 18.0. The van der Waals surface area contributed by atoms with Crippen LogP contribution in [0.15, 0.2) is 42.5 Å². The predicted molar refractivity (Wildman–Crippen MR) is 90.3 cm³/mol. The standard InChI is InChI=1S/C17H15FN4O3/c1-9-6-11(25-17(19)24)3-4-13(9)20-16-8-14(21-22-16)10-2-5-15(23)12(18)7-10/h2-8,23H,1H3,(H2,19,24)(H2,20,21,22). The van der Waals surface area contributed by atoms with E-state index in [-0.39, 0.29) is 0 Å². The predicted octanol–water partition coefficient (Wildman–Crippen LogP) is 3.43. The highest BCUT2D eigenvalue weighted by molar-refractivity contribution is 5.70. The summed E-state index contributed by atoms with van der Waals surface area (Å²) in [6.07, 6.45) is -0.877. The number of hydrogen-bond acceptors (Lipinski definition) is 5. The van der Waals surface area contributed by atoms with Gasteiger partial charge < -0.3 is 20.9 Å². The molecule has 0 aliphatic carbocycles. The van der Waals surface area contributed by atoms with E-state index < -0.39 is 17.7 Å². The summed E-state index contributed by atoms with van der Waals surface area (Å²) in [5.41, 5.74) is 7.70. The van der Waals surface area contributed by atoms with Gasteiger partial charge in [-0.05, 0) is 48.9 Å². The number of anilines is 2. The van der Waals surface area contributed by atoms with Crippen molar-refractivity contribution in [1.29, 1.82) is 0 Å². The van der Waals surface area contributed by atoms with Crippen LogP contribution < -0.4 is 15.8 Å². The third-order valence-electron chi connectivity index (χ3n) is 3.52. The van der Waals surface area contributed by atoms with Crippen molar-refractivity contribution in [3.8, 4) is 22.8 Å². The third-order valence-corrected chi connectivity index (χ3v) is 3.52. The quantitative estimate of drug-likeness (QED) is 0.580. The van der Waals surface area contributed by atoms with Crippen LogP contribution >= 0.6 is 0 Å². The second-order valence-electron chi connectivity index (χ2n) is 5.36. The molecule has 25 heavy (non-hydrogen) atoms. The molecule has 0 radical (unpaired) electrons. The smallest absolute Gasteiger partial charge is 0.409 e. The zero-order valence-electron chi connectivity index (χ0n) is 13.2. The van der Waals surface area contributed by atoms with Gasteiger partial charge in [0.05, 0.1) is 5.69 Å². The van der Waals surface area contributed by atoms with Crippen LogP contribution in [0.25, 0.3) is 11.3 Å². The molecule has 0 unspecified atom stereocenters. The third kappa shape index (κ3) is 3.69. The number of carbonyl (C=O) groups excluding carboxylic acids is 1. The van der Waals surface area contributed by atoms with Gasteiger partial charge in [-0.1, -0.05) is 0 Å². The summed E-state index contributed by atoms with van der Waals surface area (Å²) in [7, 11) is 0. The molecule has 0 spiro atoms. The van der Waals surface area contributed by atoms with E-state index in [1.807, 2.05) is 6.92 Å². The van der Waals surface area contributed by atoms with Crippen molar-refractivity contribution in [2.24, 2.45) is 5.73 Å². The maximum absolute atomic E-state index is 13.5. The highest BCUT2D eigenvalue weighted by atomic mass is 19.1. The monoisotopic (exact) mass is 342 g/mol. The van der Waals surface area contributed by atoms with E-state index >= 15 is 0 Å². The van der Waals surface area contributed by atoms with Crippen molar-refractivity contribution >= 4 is 17.6 Å². The molecule has 7 nitrogen and oxygen atoms in total. The maximum atomic E-state index is 13.5. The number of primary amides is 1. The second kappa shape index (κ2) is 6.52. The van der Waals surface area contributed by atoms with Crippen molar-refractivity contribution in [2.45, 2.75) is 6.92 Å². The summed E-state index contributed by atoms with van der Waals surface area (Å²) < 4.78 is 18.3. The molecule has 8 heteroatoms. The van der Waals surface area contributed by atoms with Gasteiger partial charge in [-0.3, -0.25) is 5.10 Å². The normalized spacial score (nSPS) is 10.5. The van der Waals surface area contributed by atoms with Crippen molar-refractivity contribution < 1.29 is 19.0 Å². The number of nitrogens with zero attached hydrogens (tertiary/aromatic N) is 1. The van der Waals surface area contributed by atoms with Crippen LogP contribution in [-0.2, 0) is 0 Å². The number of aromatic hydroxyl groups is 1. The Morgan fingerprint density at radius 2 is 2.08 bits per heavy atom. The average Bonchev–Trinajstić information content (AvgIpc) is 3.01. The van der Waals surface area contributed by atoms with Gasteiger partial charge in [0, 0.05) is 17.3 Å². The lowest BCUT2D eigenvalue weighted by Crippen LogP contribution is -2.16. The number of aryl methyl sites for hydroxylation is 1. The highest BCUT2D eigenvalue weighted by Crippen LogP contribution is 2.28. The molecular weight excluding hydrogens is 327 g/mol. The van der Waals surface area contributed by atoms with Crippen molar-refractivity contribution in [1.82, 2.24) is 10.2 Å². The minimum absolute atomic E-state index is 0.345. The Bertz CT molecular complexity index is 939. The van der Waals surface area contributed by atoms with Crippen molar-refractivity contribution in [3.63, 3.8) is 0 Å². The first-order valence-electron chi connectivity index (χ1n) is 7.31. The number of phenolic OH excluding ortho intramolecular Hbond substituents is 1. The Balaban J connectivity index is 1.79. The van der Waals surface area contributed by atoms with Crippen molar-refractivity contribution in [3.05, 3.63) is 53.8 Å². The van der Waals surface area contributed by atoms with Crippen LogP contribution in [0.1, 0.15) is 5.56 Å². The van der Waals surface area contributed by atoms with Gasteiger partial charge in [-0.2, -0.15) is 5.10 Å². The van der Waals surface area contributed by atoms with Gasteiger partial charge >= 0.3 is 6.09 Å². The number of nitrogens with one attached hydrogen (secondary N) is 2. The first-order valence-corrected chi connectivity index (χ1v) is 7.31. The number of carbonyl (C=O) groups is 1. The molecule has 0 aliphatic heterocycles. The summed E-state index contributed by atoms with van der Waals surface area (Å²) in [5.74, 6) is -0.244. The molecule has 0 aliphatic rings. The molecule has 3 rings (SSSR count). The number of hydrogen-bond donors (Lipinski definition) is 4. The number of ether oxygens (including phenoxy) is 1. The van der Waals surface area contributed by atoms with E-state index in [1.54, 1.807) is 30.3 Å². The lowest BCUT2D eigenvalue weighted by Gasteiger charge is -2.08. The Hall–Kier alpha value is -3.55. The van der Waals surface area contributed by atoms with Crippen LogP contribution in [0.5, 0.6) is 11.5 Å². The van der Waals surface area contributed by atoms with E-state index in [0.717, 1.165) is 11.3 Å². The second-order valence-corrected chi connectivity index (χ2v) is 5.36. The Labute approximate surface area is 142 Å². The average molecular weight is 342 g/mol. The SMILES string of the molecule is Cc1cc(OC(N)=O)ccc1Nc1cc(-c2ccc(O)c(F)c2)[nH]n1. The molecule has 0 atom stereocenters. The fourth-order valence-electron chi connectivity index (χ4n) is 2.30. The van der Waals surface area contributed by atoms with Crippen LogP contribution in [0.3, 0.4) is 0 Å². The largest absolute Gasteiger partial charge is 0.505 e. The van der Waals surface area contributed by atoms with Gasteiger partial charge in [-0.15, -0.1) is 0 Å². The maximum Gasteiger partial charge on any atom is 0.409 e. The molecule has 2 aromatic carbocycles. The number of phenols is 1. The van der Waals surface area contributed by atoms with E-state index in [4.69, 9.17) is 10.5 Å². The molecule has 1 amide bonds. The summed E-state index contributed by atoms with van der Waals surface area (Å²) in [6, 6.07) is 10.8. The Morgan fingerprint density at radius 3 is 2.76 bits per heavy atom. The van der Waals surface area contributed by atoms with Crippen LogP contribution in [0.4, 0.5) is 20.7 Å². The van der Waals surface area contributed by atoms with Gasteiger partial charge in [-0.25, -0.2) is 9.18 Å². The van der Waals surface area contributed by atoms with Crippen LogP contribution in [0.2, 0.25) is 0 Å². The molecule has 0 saturated carbocycles. The molecule has 0 saturated heterocycles. The number of amides is 1. The zero-order valence-corrected chi connectivity index (χ0v) is 13.2. The lowest BCUT2D eigenvalue weighted by molar-refractivity contribution is 0.211. The number of benzene rings is 2. The van der Waals surface area contributed by atoms with Gasteiger partial charge in [0.2, 0.25) is 0 Å². The number of rotatable bonds is 4. The fourth-order valence-corrected chi connectivity index (χ4v) is 2.30. The fraction of sp³-hybridized carbons (Fsp3) is 0.0588. The molecular formula is C17H15FN4O3. The van der Waals surface area contributed by atoms with Crippen molar-refractivity contribution in [2.75, 3.05) is 5.32 Å². The summed E-state index contributed by atoms with van der Waals surface area (Å²) in [5, 5.41) is 19.3. The first kappa shape index (κ1) is 16.3. The number of aromatic amines is 1. The topological polar surface area (TPSA) is 113 Å². The highest BCUT2D eigenvalue weighted by Gasteiger charge is 2.09. The molecule has 0 fully saturated rings. The number of aromatic nitrogens is 2. The van der Waals surface area contributed by atoms with Crippen LogP contribution in [0, 0.1) is 12.7 Å². The minimum atomic E-state index is -0.877. The molecule has 0 bridgehead atoms. The lowest BCUT2D eigenvalue weighted by atomic mass is 10.1. The molecule has 3 aromatic rings.